The monoisotopic (exact) mass is 277 g/mol. The molecular weight excluding hydrogens is 258 g/mol. The summed E-state index contributed by atoms with van der Waals surface area (Å²) < 4.78 is 0. The van der Waals surface area contributed by atoms with E-state index >= 15 is 0 Å². The van der Waals surface area contributed by atoms with Crippen LogP contribution in [0.3, 0.4) is 0 Å². The lowest BCUT2D eigenvalue weighted by molar-refractivity contribution is -0.383. The smallest absolute Gasteiger partial charge is 0.292 e. The maximum atomic E-state index is 12.5. The first kappa shape index (κ1) is 14.3. The number of amides is 1. The van der Waals surface area contributed by atoms with Gasteiger partial charge in [0.1, 0.15) is 5.69 Å². The second-order valence-electron chi connectivity index (χ2n) is 5.39. The Morgan fingerprint density at radius 3 is 2.75 bits per heavy atom. The predicted octanol–water partition coefficient (Wildman–Crippen LogP) is 2.44. The molecule has 0 spiro atoms. The number of likely N-dealkylation sites (tertiary alicyclic amines) is 1. The summed E-state index contributed by atoms with van der Waals surface area (Å²) in [7, 11) is 0. The van der Waals surface area contributed by atoms with E-state index in [0.29, 0.717) is 11.5 Å². The number of benzene rings is 1. The lowest BCUT2D eigenvalue weighted by Crippen LogP contribution is -2.46. The van der Waals surface area contributed by atoms with Crippen molar-refractivity contribution >= 4 is 17.3 Å². The van der Waals surface area contributed by atoms with E-state index < -0.39 is 4.92 Å². The standard InChI is InChI=1S/C14H19N3O3/c1-9-4-3-7-16(10(9)2)14(18)11-5-6-13(17(19)20)12(15)8-11/h5-6,8-10H,3-4,7,15H2,1-2H3. The van der Waals surface area contributed by atoms with Gasteiger partial charge in [-0.15, -0.1) is 0 Å². The zero-order chi connectivity index (χ0) is 14.9. The first-order chi connectivity index (χ1) is 9.41. The van der Waals surface area contributed by atoms with Crippen LogP contribution in [0.4, 0.5) is 11.4 Å². The molecule has 108 valence electrons. The Labute approximate surface area is 117 Å². The van der Waals surface area contributed by atoms with E-state index in [-0.39, 0.29) is 23.3 Å². The van der Waals surface area contributed by atoms with E-state index in [1.165, 1.54) is 18.2 Å². The fraction of sp³-hybridized carbons (Fsp3) is 0.500. The van der Waals surface area contributed by atoms with E-state index in [0.717, 1.165) is 19.4 Å². The number of hydrogen-bond acceptors (Lipinski definition) is 4. The highest BCUT2D eigenvalue weighted by atomic mass is 16.6. The maximum absolute atomic E-state index is 12.5. The second kappa shape index (κ2) is 5.48. The molecule has 1 aliphatic heterocycles. The Balaban J connectivity index is 2.25. The predicted molar refractivity (Wildman–Crippen MR) is 76.4 cm³/mol. The van der Waals surface area contributed by atoms with Crippen molar-refractivity contribution in [1.82, 2.24) is 4.90 Å². The average Bonchev–Trinajstić information content (AvgIpc) is 2.40. The number of nitro groups is 1. The van der Waals surface area contributed by atoms with Gasteiger partial charge in [0.05, 0.1) is 4.92 Å². The Bertz CT molecular complexity index is 544. The third-order valence-electron chi connectivity index (χ3n) is 4.11. The van der Waals surface area contributed by atoms with Gasteiger partial charge in [-0.05, 0) is 37.8 Å². The van der Waals surface area contributed by atoms with Crippen molar-refractivity contribution < 1.29 is 9.72 Å². The Morgan fingerprint density at radius 2 is 2.15 bits per heavy atom. The van der Waals surface area contributed by atoms with Crippen LogP contribution in [-0.4, -0.2) is 28.3 Å². The van der Waals surface area contributed by atoms with Gasteiger partial charge in [-0.1, -0.05) is 6.92 Å². The van der Waals surface area contributed by atoms with Crippen LogP contribution >= 0.6 is 0 Å². The second-order valence-corrected chi connectivity index (χ2v) is 5.39. The summed E-state index contributed by atoms with van der Waals surface area (Å²) in [5.41, 5.74) is 5.91. The lowest BCUT2D eigenvalue weighted by Gasteiger charge is -2.38. The van der Waals surface area contributed by atoms with Crippen molar-refractivity contribution in [1.29, 1.82) is 0 Å². The molecule has 0 aliphatic carbocycles. The van der Waals surface area contributed by atoms with E-state index in [9.17, 15) is 14.9 Å². The normalized spacial score (nSPS) is 22.6. The third-order valence-corrected chi connectivity index (χ3v) is 4.11. The van der Waals surface area contributed by atoms with Crippen LogP contribution in [0.1, 0.15) is 37.0 Å². The van der Waals surface area contributed by atoms with Crippen LogP contribution in [0.2, 0.25) is 0 Å². The number of anilines is 1. The fourth-order valence-electron chi connectivity index (χ4n) is 2.64. The van der Waals surface area contributed by atoms with Crippen molar-refractivity contribution in [2.24, 2.45) is 5.92 Å². The molecule has 1 aliphatic rings. The number of rotatable bonds is 2. The highest BCUT2D eigenvalue weighted by molar-refractivity contribution is 5.96. The van der Waals surface area contributed by atoms with Crippen LogP contribution < -0.4 is 5.73 Å². The molecule has 0 aromatic heterocycles. The first-order valence-electron chi connectivity index (χ1n) is 6.76. The summed E-state index contributed by atoms with van der Waals surface area (Å²) in [6.45, 7) is 4.89. The summed E-state index contributed by atoms with van der Waals surface area (Å²) in [5.74, 6) is 0.355. The molecule has 1 amide bonds. The number of piperidine rings is 1. The van der Waals surface area contributed by atoms with Crippen molar-refractivity contribution in [2.45, 2.75) is 32.7 Å². The third kappa shape index (κ3) is 2.59. The van der Waals surface area contributed by atoms with Crippen LogP contribution in [0, 0.1) is 16.0 Å². The average molecular weight is 277 g/mol. The number of hydrogen-bond donors (Lipinski definition) is 1. The van der Waals surface area contributed by atoms with Crippen molar-refractivity contribution in [3.05, 3.63) is 33.9 Å². The summed E-state index contributed by atoms with van der Waals surface area (Å²) >= 11 is 0. The van der Waals surface area contributed by atoms with Crippen LogP contribution in [-0.2, 0) is 0 Å². The van der Waals surface area contributed by atoms with Gasteiger partial charge in [0.2, 0.25) is 0 Å². The molecule has 1 saturated heterocycles. The van der Waals surface area contributed by atoms with Gasteiger partial charge in [-0.25, -0.2) is 0 Å². The molecule has 0 radical (unpaired) electrons. The molecule has 6 nitrogen and oxygen atoms in total. The molecule has 1 aromatic carbocycles. The topological polar surface area (TPSA) is 89.5 Å². The zero-order valence-corrected chi connectivity index (χ0v) is 11.7. The van der Waals surface area contributed by atoms with Gasteiger partial charge >= 0.3 is 0 Å². The highest BCUT2D eigenvalue weighted by Crippen LogP contribution is 2.27. The summed E-state index contributed by atoms with van der Waals surface area (Å²) in [6.07, 6.45) is 2.10. The van der Waals surface area contributed by atoms with E-state index in [1.807, 2.05) is 11.8 Å². The molecule has 2 atom stereocenters. The molecule has 2 unspecified atom stereocenters. The number of nitrogens with zero attached hydrogens (tertiary/aromatic N) is 2. The maximum Gasteiger partial charge on any atom is 0.292 e. The van der Waals surface area contributed by atoms with Crippen molar-refractivity contribution in [3.63, 3.8) is 0 Å². The molecular formula is C14H19N3O3. The van der Waals surface area contributed by atoms with Gasteiger partial charge in [0.25, 0.3) is 11.6 Å². The Morgan fingerprint density at radius 1 is 1.45 bits per heavy atom. The van der Waals surface area contributed by atoms with Crippen LogP contribution in [0.5, 0.6) is 0 Å². The first-order valence-corrected chi connectivity index (χ1v) is 6.76. The minimum absolute atomic E-state index is 0.0264. The quantitative estimate of drug-likeness (QED) is 0.510. The van der Waals surface area contributed by atoms with E-state index in [1.54, 1.807) is 0 Å². The SMILES string of the molecule is CC1CCCN(C(=O)c2ccc([N+](=O)[O-])c(N)c2)C1C. The minimum atomic E-state index is -0.546. The highest BCUT2D eigenvalue weighted by Gasteiger charge is 2.29. The summed E-state index contributed by atoms with van der Waals surface area (Å²) in [6, 6.07) is 4.34. The number of carbonyl (C=O) groups excluding carboxylic acids is 1. The number of nitro benzene ring substituents is 1. The van der Waals surface area contributed by atoms with Crippen LogP contribution in [0.25, 0.3) is 0 Å². The van der Waals surface area contributed by atoms with Gasteiger partial charge in [0.15, 0.2) is 0 Å². The molecule has 0 bridgehead atoms. The Kier molecular flexibility index (Phi) is 3.92. The van der Waals surface area contributed by atoms with Gasteiger partial charge < -0.3 is 10.6 Å². The molecule has 20 heavy (non-hydrogen) atoms. The van der Waals surface area contributed by atoms with Gasteiger partial charge in [-0.3, -0.25) is 14.9 Å². The fourth-order valence-corrected chi connectivity index (χ4v) is 2.64. The van der Waals surface area contributed by atoms with E-state index in [2.05, 4.69) is 6.92 Å². The van der Waals surface area contributed by atoms with Gasteiger partial charge in [0, 0.05) is 24.2 Å². The van der Waals surface area contributed by atoms with Crippen molar-refractivity contribution in [3.8, 4) is 0 Å². The molecule has 2 N–H and O–H groups in total. The molecule has 0 saturated carbocycles. The lowest BCUT2D eigenvalue weighted by atomic mass is 9.91. The summed E-state index contributed by atoms with van der Waals surface area (Å²) in [5, 5.41) is 10.7. The number of carbonyl (C=O) groups is 1. The zero-order valence-electron chi connectivity index (χ0n) is 11.7. The Hall–Kier alpha value is -2.11. The molecule has 1 heterocycles. The van der Waals surface area contributed by atoms with E-state index in [4.69, 9.17) is 5.73 Å². The van der Waals surface area contributed by atoms with Crippen LogP contribution in [0.15, 0.2) is 18.2 Å². The molecule has 2 rings (SSSR count). The molecule has 6 heteroatoms. The molecule has 1 aromatic rings. The minimum Gasteiger partial charge on any atom is -0.393 e. The largest absolute Gasteiger partial charge is 0.393 e. The van der Waals surface area contributed by atoms with Gasteiger partial charge in [-0.2, -0.15) is 0 Å². The number of nitrogens with two attached hydrogens (primary N) is 1. The number of nitrogen functional groups attached to an aromatic ring is 1. The van der Waals surface area contributed by atoms with Crippen molar-refractivity contribution in [2.75, 3.05) is 12.3 Å². The molecule has 1 fully saturated rings. The summed E-state index contributed by atoms with van der Waals surface area (Å²) in [4.78, 5) is 24.5.